The first-order valence-electron chi connectivity index (χ1n) is 5.37. The molecule has 16 heavy (non-hydrogen) atoms. The normalized spacial score (nSPS) is 21.6. The zero-order valence-corrected chi connectivity index (χ0v) is 11.6. The molecule has 1 aliphatic heterocycles. The second kappa shape index (κ2) is 5.50. The Labute approximate surface area is 110 Å². The van der Waals surface area contributed by atoms with Gasteiger partial charge in [-0.3, -0.25) is 4.90 Å². The Bertz CT molecular complexity index is 352. The minimum atomic E-state index is 0.391. The summed E-state index contributed by atoms with van der Waals surface area (Å²) >= 11 is 9.48. The molecule has 1 atom stereocenters. The van der Waals surface area contributed by atoms with E-state index in [1.807, 2.05) is 12.1 Å². The first-order valence-corrected chi connectivity index (χ1v) is 6.54. The van der Waals surface area contributed by atoms with Crippen LogP contribution < -0.4 is 0 Å². The summed E-state index contributed by atoms with van der Waals surface area (Å²) in [6, 6.07) is 6.05. The van der Waals surface area contributed by atoms with Crippen molar-refractivity contribution >= 4 is 27.5 Å². The molecule has 4 heteroatoms. The van der Waals surface area contributed by atoms with Gasteiger partial charge >= 0.3 is 0 Å². The molecule has 1 heterocycles. The molecule has 0 spiro atoms. The molecular weight excluding hydrogens is 289 g/mol. The summed E-state index contributed by atoms with van der Waals surface area (Å²) in [5.74, 6) is 0. The molecule has 1 aromatic carbocycles. The van der Waals surface area contributed by atoms with Gasteiger partial charge in [0, 0.05) is 36.2 Å². The molecule has 88 valence electrons. The lowest BCUT2D eigenvalue weighted by Crippen LogP contribution is -2.22. The monoisotopic (exact) mass is 303 g/mol. The largest absolute Gasteiger partial charge is 0.380 e. The third-order valence-electron chi connectivity index (χ3n) is 2.89. The van der Waals surface area contributed by atoms with Crippen molar-refractivity contribution in [2.75, 3.05) is 20.2 Å². The fourth-order valence-electron chi connectivity index (χ4n) is 2.09. The van der Waals surface area contributed by atoms with Crippen LogP contribution in [-0.4, -0.2) is 31.2 Å². The quantitative estimate of drug-likeness (QED) is 0.849. The van der Waals surface area contributed by atoms with Gasteiger partial charge in [0.25, 0.3) is 0 Å². The van der Waals surface area contributed by atoms with E-state index < -0.39 is 0 Å². The van der Waals surface area contributed by atoms with Crippen LogP contribution in [0.5, 0.6) is 0 Å². The zero-order valence-electron chi connectivity index (χ0n) is 9.25. The Morgan fingerprint density at radius 2 is 2.31 bits per heavy atom. The number of hydrogen-bond acceptors (Lipinski definition) is 2. The van der Waals surface area contributed by atoms with Gasteiger partial charge in [0.15, 0.2) is 0 Å². The van der Waals surface area contributed by atoms with Crippen LogP contribution in [0.1, 0.15) is 12.0 Å². The molecule has 0 N–H and O–H groups in total. The van der Waals surface area contributed by atoms with Crippen LogP contribution in [0.4, 0.5) is 0 Å². The number of halogens is 2. The van der Waals surface area contributed by atoms with Gasteiger partial charge in [-0.25, -0.2) is 0 Å². The van der Waals surface area contributed by atoms with Gasteiger partial charge < -0.3 is 4.74 Å². The molecule has 1 saturated heterocycles. The van der Waals surface area contributed by atoms with Gasteiger partial charge in [-0.05, 0) is 30.2 Å². The van der Waals surface area contributed by atoms with Gasteiger partial charge in [0.05, 0.1) is 6.10 Å². The van der Waals surface area contributed by atoms with E-state index in [4.69, 9.17) is 16.3 Å². The van der Waals surface area contributed by atoms with Crippen LogP contribution in [-0.2, 0) is 11.3 Å². The molecule has 0 amide bonds. The summed E-state index contributed by atoms with van der Waals surface area (Å²) in [5, 5.41) is 0.784. The maximum Gasteiger partial charge on any atom is 0.0710 e. The van der Waals surface area contributed by atoms with E-state index in [9.17, 15) is 0 Å². The summed E-state index contributed by atoms with van der Waals surface area (Å²) < 4.78 is 6.39. The Morgan fingerprint density at radius 1 is 1.50 bits per heavy atom. The fraction of sp³-hybridized carbons (Fsp3) is 0.500. The molecule has 2 rings (SSSR count). The lowest BCUT2D eigenvalue weighted by molar-refractivity contribution is 0.107. The number of benzene rings is 1. The summed E-state index contributed by atoms with van der Waals surface area (Å²) in [6.07, 6.45) is 1.51. The maximum absolute atomic E-state index is 6.02. The molecule has 1 fully saturated rings. The molecule has 0 aromatic heterocycles. The van der Waals surface area contributed by atoms with E-state index in [0.29, 0.717) is 6.10 Å². The second-order valence-corrected chi connectivity index (χ2v) is 5.51. The van der Waals surface area contributed by atoms with Crippen LogP contribution in [0.25, 0.3) is 0 Å². The highest BCUT2D eigenvalue weighted by Gasteiger charge is 2.21. The number of likely N-dealkylation sites (tertiary alicyclic amines) is 1. The summed E-state index contributed by atoms with van der Waals surface area (Å²) in [7, 11) is 1.78. The van der Waals surface area contributed by atoms with E-state index in [-0.39, 0.29) is 0 Å². The fourth-order valence-corrected chi connectivity index (χ4v) is 3.02. The van der Waals surface area contributed by atoms with Crippen LogP contribution >= 0.6 is 27.5 Å². The minimum absolute atomic E-state index is 0.391. The zero-order chi connectivity index (χ0) is 11.5. The average Bonchev–Trinajstić information content (AvgIpc) is 2.64. The summed E-state index contributed by atoms with van der Waals surface area (Å²) in [6.45, 7) is 3.06. The Hall–Kier alpha value is -0.0900. The van der Waals surface area contributed by atoms with Crippen molar-refractivity contribution in [2.45, 2.75) is 19.1 Å². The topological polar surface area (TPSA) is 12.5 Å². The van der Waals surface area contributed by atoms with Crippen molar-refractivity contribution in [3.63, 3.8) is 0 Å². The maximum atomic E-state index is 6.02. The van der Waals surface area contributed by atoms with Gasteiger partial charge in [-0.2, -0.15) is 0 Å². The van der Waals surface area contributed by atoms with Crippen LogP contribution in [0.15, 0.2) is 22.7 Å². The van der Waals surface area contributed by atoms with Crippen molar-refractivity contribution in [2.24, 2.45) is 0 Å². The summed E-state index contributed by atoms with van der Waals surface area (Å²) in [4.78, 5) is 2.40. The van der Waals surface area contributed by atoms with Crippen LogP contribution in [0, 0.1) is 0 Å². The predicted molar refractivity (Wildman–Crippen MR) is 69.8 cm³/mol. The number of ether oxygens (including phenoxy) is 1. The Kier molecular flexibility index (Phi) is 4.25. The van der Waals surface area contributed by atoms with Gasteiger partial charge in [-0.1, -0.05) is 27.5 Å². The van der Waals surface area contributed by atoms with Crippen LogP contribution in [0.3, 0.4) is 0 Å². The van der Waals surface area contributed by atoms with Crippen LogP contribution in [0.2, 0.25) is 5.02 Å². The molecule has 0 aliphatic carbocycles. The Morgan fingerprint density at radius 3 is 2.94 bits per heavy atom. The molecule has 0 saturated carbocycles. The highest BCUT2D eigenvalue weighted by molar-refractivity contribution is 9.10. The first kappa shape index (κ1) is 12.4. The summed E-state index contributed by atoms with van der Waals surface area (Å²) in [5.41, 5.74) is 1.25. The van der Waals surface area contributed by atoms with Crippen molar-refractivity contribution in [1.82, 2.24) is 4.90 Å². The predicted octanol–water partition coefficient (Wildman–Crippen LogP) is 3.32. The molecule has 1 aliphatic rings. The number of nitrogens with zero attached hydrogens (tertiary/aromatic N) is 1. The molecule has 1 aromatic rings. The average molecular weight is 305 g/mol. The second-order valence-electron chi connectivity index (χ2n) is 4.16. The molecule has 0 radical (unpaired) electrons. The molecule has 0 unspecified atom stereocenters. The lowest BCUT2D eigenvalue weighted by atomic mass is 10.2. The van der Waals surface area contributed by atoms with E-state index in [1.54, 1.807) is 7.11 Å². The lowest BCUT2D eigenvalue weighted by Gasteiger charge is -2.16. The van der Waals surface area contributed by atoms with E-state index in [0.717, 1.165) is 35.6 Å². The van der Waals surface area contributed by atoms with Gasteiger partial charge in [-0.15, -0.1) is 0 Å². The van der Waals surface area contributed by atoms with E-state index in [2.05, 4.69) is 26.9 Å². The highest BCUT2D eigenvalue weighted by Crippen LogP contribution is 2.22. The number of rotatable bonds is 3. The molecule has 0 bridgehead atoms. The van der Waals surface area contributed by atoms with Crippen molar-refractivity contribution in [1.29, 1.82) is 0 Å². The smallest absolute Gasteiger partial charge is 0.0710 e. The van der Waals surface area contributed by atoms with Crippen molar-refractivity contribution < 1.29 is 4.74 Å². The molecular formula is C12H15BrClNO. The van der Waals surface area contributed by atoms with Crippen molar-refractivity contribution in [3.05, 3.63) is 33.3 Å². The van der Waals surface area contributed by atoms with Gasteiger partial charge in [0.2, 0.25) is 0 Å². The first-order chi connectivity index (χ1) is 7.67. The highest BCUT2D eigenvalue weighted by atomic mass is 79.9. The van der Waals surface area contributed by atoms with Crippen molar-refractivity contribution in [3.8, 4) is 0 Å². The van der Waals surface area contributed by atoms with E-state index >= 15 is 0 Å². The SMILES string of the molecule is CO[C@H]1CCN(Cc2cc(Cl)cc(Br)c2)C1. The standard InChI is InChI=1S/C12H15BrClNO/c1-16-12-2-3-15(8-12)7-9-4-10(13)6-11(14)5-9/h4-6,12H,2-3,7-8H2,1H3/t12-/m0/s1. The third kappa shape index (κ3) is 3.20. The number of hydrogen-bond donors (Lipinski definition) is 0. The van der Waals surface area contributed by atoms with Gasteiger partial charge in [0.1, 0.15) is 0 Å². The minimum Gasteiger partial charge on any atom is -0.380 e. The third-order valence-corrected chi connectivity index (χ3v) is 3.57. The Balaban J connectivity index is 1.99. The number of methoxy groups -OCH3 is 1. The van der Waals surface area contributed by atoms with E-state index in [1.165, 1.54) is 5.56 Å². The molecule has 2 nitrogen and oxygen atoms in total.